The zero-order valence-electron chi connectivity index (χ0n) is 15.1. The highest BCUT2D eigenvalue weighted by atomic mass is 16.5. The van der Waals surface area contributed by atoms with Gasteiger partial charge in [0.25, 0.3) is 0 Å². The molecule has 5 nitrogen and oxygen atoms in total. The zero-order chi connectivity index (χ0) is 18.5. The fraction of sp³-hybridized carbons (Fsp3) is 0.238. The molecule has 0 bridgehead atoms. The lowest BCUT2D eigenvalue weighted by Gasteiger charge is -2.09. The van der Waals surface area contributed by atoms with Crippen LogP contribution in [0.15, 0.2) is 53.1 Å². The van der Waals surface area contributed by atoms with Gasteiger partial charge in [-0.3, -0.25) is 0 Å². The summed E-state index contributed by atoms with van der Waals surface area (Å²) in [5.74, 6) is 0.947. The highest BCUT2D eigenvalue weighted by molar-refractivity contribution is 5.89. The summed E-state index contributed by atoms with van der Waals surface area (Å²) >= 11 is 0. The van der Waals surface area contributed by atoms with Gasteiger partial charge in [-0.15, -0.1) is 0 Å². The number of hydrogen-bond acceptors (Lipinski definition) is 5. The SMILES string of the molecule is Cc1ccccc1COC(=O)c1cccc(OCc2c(C)noc2C)c1. The zero-order valence-corrected chi connectivity index (χ0v) is 15.1. The Balaban J connectivity index is 1.63. The van der Waals surface area contributed by atoms with Gasteiger partial charge < -0.3 is 14.0 Å². The minimum atomic E-state index is -0.379. The van der Waals surface area contributed by atoms with E-state index in [0.29, 0.717) is 17.9 Å². The van der Waals surface area contributed by atoms with Crippen LogP contribution in [0.5, 0.6) is 5.75 Å². The largest absolute Gasteiger partial charge is 0.489 e. The van der Waals surface area contributed by atoms with Gasteiger partial charge >= 0.3 is 5.97 Å². The molecule has 2 aromatic carbocycles. The fourth-order valence-electron chi connectivity index (χ4n) is 2.57. The van der Waals surface area contributed by atoms with Crippen LogP contribution >= 0.6 is 0 Å². The number of hydrogen-bond donors (Lipinski definition) is 0. The summed E-state index contributed by atoms with van der Waals surface area (Å²) in [6.45, 7) is 6.29. The molecule has 1 aromatic heterocycles. The average Bonchev–Trinajstić information content (AvgIpc) is 2.97. The number of aromatic nitrogens is 1. The van der Waals surface area contributed by atoms with E-state index in [9.17, 15) is 4.79 Å². The van der Waals surface area contributed by atoms with E-state index in [4.69, 9.17) is 14.0 Å². The van der Waals surface area contributed by atoms with Crippen molar-refractivity contribution < 1.29 is 18.8 Å². The van der Waals surface area contributed by atoms with E-state index in [1.807, 2.05) is 45.0 Å². The summed E-state index contributed by atoms with van der Waals surface area (Å²) in [4.78, 5) is 12.3. The molecule has 0 saturated heterocycles. The first-order valence-corrected chi connectivity index (χ1v) is 8.41. The van der Waals surface area contributed by atoms with Crippen LogP contribution in [-0.2, 0) is 18.0 Å². The van der Waals surface area contributed by atoms with Crippen molar-refractivity contribution in [3.05, 3.63) is 82.2 Å². The Morgan fingerprint density at radius 3 is 2.58 bits per heavy atom. The molecule has 0 aliphatic rings. The summed E-state index contributed by atoms with van der Waals surface area (Å²) in [5, 5.41) is 3.91. The summed E-state index contributed by atoms with van der Waals surface area (Å²) in [5.41, 5.74) is 4.26. The Morgan fingerprint density at radius 2 is 1.85 bits per heavy atom. The molecule has 0 N–H and O–H groups in total. The second-order valence-corrected chi connectivity index (χ2v) is 6.12. The van der Waals surface area contributed by atoms with Gasteiger partial charge in [0.2, 0.25) is 0 Å². The predicted molar refractivity (Wildman–Crippen MR) is 97.0 cm³/mol. The van der Waals surface area contributed by atoms with Crippen molar-refractivity contribution in [3.63, 3.8) is 0 Å². The van der Waals surface area contributed by atoms with Crippen LogP contribution in [0, 0.1) is 20.8 Å². The number of rotatable bonds is 6. The van der Waals surface area contributed by atoms with E-state index in [2.05, 4.69) is 5.16 Å². The first-order chi connectivity index (χ1) is 12.5. The van der Waals surface area contributed by atoms with Crippen molar-refractivity contribution in [2.24, 2.45) is 0 Å². The summed E-state index contributed by atoms with van der Waals surface area (Å²) < 4.78 is 16.3. The smallest absolute Gasteiger partial charge is 0.338 e. The number of ether oxygens (including phenoxy) is 2. The Kier molecular flexibility index (Phi) is 5.37. The highest BCUT2D eigenvalue weighted by Crippen LogP contribution is 2.19. The van der Waals surface area contributed by atoms with Gasteiger partial charge in [-0.2, -0.15) is 0 Å². The molecule has 3 rings (SSSR count). The molecular formula is C21H21NO4. The summed E-state index contributed by atoms with van der Waals surface area (Å²) in [6, 6.07) is 14.8. The maximum atomic E-state index is 12.3. The topological polar surface area (TPSA) is 61.6 Å². The second kappa shape index (κ2) is 7.87. The van der Waals surface area contributed by atoms with E-state index in [1.165, 1.54) is 0 Å². The van der Waals surface area contributed by atoms with E-state index in [-0.39, 0.29) is 12.6 Å². The van der Waals surface area contributed by atoms with Crippen molar-refractivity contribution in [3.8, 4) is 5.75 Å². The first-order valence-electron chi connectivity index (χ1n) is 8.41. The highest BCUT2D eigenvalue weighted by Gasteiger charge is 2.12. The quantitative estimate of drug-likeness (QED) is 0.610. The molecule has 0 amide bonds. The number of aryl methyl sites for hydroxylation is 3. The average molecular weight is 351 g/mol. The lowest BCUT2D eigenvalue weighted by atomic mass is 10.1. The lowest BCUT2D eigenvalue weighted by molar-refractivity contribution is 0.0471. The van der Waals surface area contributed by atoms with Crippen LogP contribution in [0.1, 0.15) is 38.5 Å². The molecule has 0 saturated carbocycles. The molecule has 0 aliphatic heterocycles. The molecule has 3 aromatic rings. The van der Waals surface area contributed by atoms with E-state index in [0.717, 1.165) is 28.1 Å². The van der Waals surface area contributed by atoms with Crippen LogP contribution in [0.4, 0.5) is 0 Å². The Bertz CT molecular complexity index is 894. The fourth-order valence-corrected chi connectivity index (χ4v) is 2.57. The second-order valence-electron chi connectivity index (χ2n) is 6.12. The molecule has 0 atom stereocenters. The van der Waals surface area contributed by atoms with E-state index < -0.39 is 0 Å². The summed E-state index contributed by atoms with van der Waals surface area (Å²) in [7, 11) is 0. The van der Waals surface area contributed by atoms with Gasteiger partial charge in [0.1, 0.15) is 24.7 Å². The number of nitrogens with zero attached hydrogens (tertiary/aromatic N) is 1. The normalized spacial score (nSPS) is 10.6. The van der Waals surface area contributed by atoms with Crippen LogP contribution in [-0.4, -0.2) is 11.1 Å². The van der Waals surface area contributed by atoms with Crippen LogP contribution in [0.2, 0.25) is 0 Å². The van der Waals surface area contributed by atoms with Crippen molar-refractivity contribution in [2.45, 2.75) is 34.0 Å². The molecule has 0 fully saturated rings. The number of esters is 1. The van der Waals surface area contributed by atoms with Gasteiger partial charge in [-0.05, 0) is 50.1 Å². The number of carbonyl (C=O) groups is 1. The van der Waals surface area contributed by atoms with Gasteiger partial charge in [0.15, 0.2) is 0 Å². The van der Waals surface area contributed by atoms with Gasteiger partial charge in [0, 0.05) is 0 Å². The molecule has 0 unspecified atom stereocenters. The van der Waals surface area contributed by atoms with Gasteiger partial charge in [-0.1, -0.05) is 35.5 Å². The molecular weight excluding hydrogens is 330 g/mol. The first kappa shape index (κ1) is 17.7. The van der Waals surface area contributed by atoms with Crippen LogP contribution < -0.4 is 4.74 Å². The molecule has 134 valence electrons. The minimum Gasteiger partial charge on any atom is -0.489 e. The Labute approximate surface area is 152 Å². The molecule has 0 spiro atoms. The predicted octanol–water partition coefficient (Wildman–Crippen LogP) is 4.54. The molecule has 0 aliphatic carbocycles. The maximum Gasteiger partial charge on any atom is 0.338 e. The minimum absolute atomic E-state index is 0.246. The molecule has 5 heteroatoms. The van der Waals surface area contributed by atoms with Crippen LogP contribution in [0.3, 0.4) is 0 Å². The van der Waals surface area contributed by atoms with Gasteiger partial charge in [-0.25, -0.2) is 4.79 Å². The molecule has 0 radical (unpaired) electrons. The Hall–Kier alpha value is -3.08. The van der Waals surface area contributed by atoms with Crippen molar-refractivity contribution in [1.82, 2.24) is 5.16 Å². The van der Waals surface area contributed by atoms with Crippen molar-refractivity contribution >= 4 is 5.97 Å². The van der Waals surface area contributed by atoms with Gasteiger partial charge in [0.05, 0.1) is 16.8 Å². The monoisotopic (exact) mass is 351 g/mol. The third-order valence-corrected chi connectivity index (χ3v) is 4.25. The lowest BCUT2D eigenvalue weighted by Crippen LogP contribution is -2.06. The maximum absolute atomic E-state index is 12.3. The van der Waals surface area contributed by atoms with Crippen LogP contribution in [0.25, 0.3) is 0 Å². The van der Waals surface area contributed by atoms with Crippen molar-refractivity contribution in [2.75, 3.05) is 0 Å². The third kappa shape index (κ3) is 4.11. The van der Waals surface area contributed by atoms with E-state index >= 15 is 0 Å². The Morgan fingerprint density at radius 1 is 1.04 bits per heavy atom. The number of benzene rings is 2. The standard InChI is InChI=1S/C21H21NO4/c1-14-7-4-5-8-18(14)12-25-21(23)17-9-6-10-19(11-17)24-13-20-15(2)22-26-16(20)3/h4-11H,12-13H2,1-3H3. The number of carbonyl (C=O) groups excluding carboxylic acids is 1. The van der Waals surface area contributed by atoms with E-state index in [1.54, 1.807) is 24.3 Å². The van der Waals surface area contributed by atoms with Crippen molar-refractivity contribution in [1.29, 1.82) is 0 Å². The third-order valence-electron chi connectivity index (χ3n) is 4.25. The summed E-state index contributed by atoms with van der Waals surface area (Å²) in [6.07, 6.45) is 0. The molecule has 26 heavy (non-hydrogen) atoms. The molecule has 1 heterocycles.